The van der Waals surface area contributed by atoms with Crippen LogP contribution in [0.2, 0.25) is 0 Å². The lowest BCUT2D eigenvalue weighted by molar-refractivity contribution is -0.130. The minimum absolute atomic E-state index is 0.132. The highest BCUT2D eigenvalue weighted by atomic mass is 16.5. The lowest BCUT2D eigenvalue weighted by Gasteiger charge is -2.33. The van der Waals surface area contributed by atoms with Gasteiger partial charge in [0.15, 0.2) is 0 Å². The average molecular weight is 389 g/mol. The molecule has 0 bridgehead atoms. The largest absolute Gasteiger partial charge is 0.496 e. The highest BCUT2D eigenvalue weighted by Crippen LogP contribution is 2.40. The summed E-state index contributed by atoms with van der Waals surface area (Å²) in [5.74, 6) is 0.968. The molecule has 2 aromatic carbocycles. The van der Waals surface area contributed by atoms with Crippen LogP contribution in [0.4, 0.5) is 0 Å². The van der Waals surface area contributed by atoms with Crippen LogP contribution in [0.1, 0.15) is 31.4 Å². The fourth-order valence-corrected chi connectivity index (χ4v) is 4.17. The van der Waals surface area contributed by atoms with Gasteiger partial charge in [-0.3, -0.25) is 4.79 Å². The van der Waals surface area contributed by atoms with E-state index in [9.17, 15) is 4.79 Å². The molecule has 1 atom stereocenters. The molecule has 0 spiro atoms. The SMILES string of the molecule is COc1cc(C)ccc1-c1c(-c2ccccc2)ncn1C1CCCN(C(C)=O)C1. The Hall–Kier alpha value is -3.08. The second-order valence-corrected chi connectivity index (χ2v) is 7.68. The van der Waals surface area contributed by atoms with Crippen LogP contribution in [0.5, 0.6) is 5.75 Å². The molecule has 1 aliphatic heterocycles. The summed E-state index contributed by atoms with van der Waals surface area (Å²) >= 11 is 0. The number of nitrogens with zero attached hydrogens (tertiary/aromatic N) is 3. The summed E-state index contributed by atoms with van der Waals surface area (Å²) in [6.07, 6.45) is 3.94. The van der Waals surface area contributed by atoms with Gasteiger partial charge in [0.05, 0.1) is 30.9 Å². The zero-order valence-electron chi connectivity index (χ0n) is 17.3. The van der Waals surface area contributed by atoms with Crippen LogP contribution in [-0.4, -0.2) is 40.6 Å². The van der Waals surface area contributed by atoms with E-state index in [1.54, 1.807) is 14.0 Å². The standard InChI is InChI=1S/C24H27N3O2/c1-17-11-12-21(22(14-17)29-3)24-23(19-8-5-4-6-9-19)25-16-27(24)20-10-7-13-26(15-20)18(2)28/h4-6,8-9,11-12,14,16,20H,7,10,13,15H2,1-3H3. The summed E-state index contributed by atoms with van der Waals surface area (Å²) in [5, 5.41) is 0. The summed E-state index contributed by atoms with van der Waals surface area (Å²) in [6.45, 7) is 5.25. The van der Waals surface area contributed by atoms with Crippen LogP contribution in [0.3, 0.4) is 0 Å². The van der Waals surface area contributed by atoms with Gasteiger partial charge in [-0.05, 0) is 37.5 Å². The smallest absolute Gasteiger partial charge is 0.219 e. The molecule has 0 aliphatic carbocycles. The van der Waals surface area contributed by atoms with Crippen molar-refractivity contribution in [1.82, 2.24) is 14.5 Å². The van der Waals surface area contributed by atoms with E-state index in [2.05, 4.69) is 41.8 Å². The van der Waals surface area contributed by atoms with Gasteiger partial charge in [-0.15, -0.1) is 0 Å². The zero-order chi connectivity index (χ0) is 20.4. The number of carbonyl (C=O) groups excluding carboxylic acids is 1. The van der Waals surface area contributed by atoms with E-state index in [0.29, 0.717) is 6.54 Å². The van der Waals surface area contributed by atoms with E-state index in [1.807, 2.05) is 29.4 Å². The number of amides is 1. The number of aryl methyl sites for hydroxylation is 1. The monoisotopic (exact) mass is 389 g/mol. The number of methoxy groups -OCH3 is 1. The van der Waals surface area contributed by atoms with Crippen LogP contribution in [-0.2, 0) is 4.79 Å². The normalized spacial score (nSPS) is 16.7. The van der Waals surface area contributed by atoms with E-state index in [0.717, 1.165) is 53.2 Å². The van der Waals surface area contributed by atoms with Crippen molar-refractivity contribution in [2.45, 2.75) is 32.7 Å². The maximum Gasteiger partial charge on any atom is 0.219 e. The van der Waals surface area contributed by atoms with Gasteiger partial charge in [0, 0.05) is 31.1 Å². The van der Waals surface area contributed by atoms with Crippen LogP contribution >= 0.6 is 0 Å². The minimum Gasteiger partial charge on any atom is -0.496 e. The van der Waals surface area contributed by atoms with Crippen molar-refractivity contribution in [2.24, 2.45) is 0 Å². The van der Waals surface area contributed by atoms with Crippen LogP contribution in [0, 0.1) is 6.92 Å². The van der Waals surface area contributed by atoms with Crippen molar-refractivity contribution in [3.63, 3.8) is 0 Å². The Bertz CT molecular complexity index is 1010. The molecular formula is C24H27N3O2. The molecule has 1 unspecified atom stereocenters. The lowest BCUT2D eigenvalue weighted by atomic mass is 10.00. The molecule has 29 heavy (non-hydrogen) atoms. The Labute approximate surface area is 171 Å². The van der Waals surface area contributed by atoms with Gasteiger partial charge in [0.2, 0.25) is 5.91 Å². The van der Waals surface area contributed by atoms with Gasteiger partial charge < -0.3 is 14.2 Å². The molecule has 1 fully saturated rings. The van der Waals surface area contributed by atoms with Crippen molar-refractivity contribution in [3.8, 4) is 28.3 Å². The van der Waals surface area contributed by atoms with E-state index in [-0.39, 0.29) is 11.9 Å². The van der Waals surface area contributed by atoms with Crippen molar-refractivity contribution in [2.75, 3.05) is 20.2 Å². The lowest BCUT2D eigenvalue weighted by Crippen LogP contribution is -2.39. The highest BCUT2D eigenvalue weighted by molar-refractivity contribution is 5.82. The van der Waals surface area contributed by atoms with Gasteiger partial charge >= 0.3 is 0 Å². The third-order valence-corrected chi connectivity index (χ3v) is 5.69. The van der Waals surface area contributed by atoms with Gasteiger partial charge in [-0.25, -0.2) is 4.98 Å². The van der Waals surface area contributed by atoms with E-state index >= 15 is 0 Å². The Morgan fingerprint density at radius 1 is 1.17 bits per heavy atom. The van der Waals surface area contributed by atoms with Crippen molar-refractivity contribution >= 4 is 5.91 Å². The number of benzene rings is 2. The third-order valence-electron chi connectivity index (χ3n) is 5.69. The summed E-state index contributed by atoms with van der Waals surface area (Å²) < 4.78 is 7.98. The quantitative estimate of drug-likeness (QED) is 0.649. The highest BCUT2D eigenvalue weighted by Gasteiger charge is 2.27. The van der Waals surface area contributed by atoms with Crippen LogP contribution < -0.4 is 4.74 Å². The summed E-state index contributed by atoms with van der Waals surface area (Å²) in [6, 6.07) is 16.7. The summed E-state index contributed by atoms with van der Waals surface area (Å²) in [7, 11) is 1.71. The molecule has 5 nitrogen and oxygen atoms in total. The van der Waals surface area contributed by atoms with Gasteiger partial charge in [-0.2, -0.15) is 0 Å². The first-order chi connectivity index (χ1) is 14.1. The number of imidazole rings is 1. The third kappa shape index (κ3) is 3.77. The average Bonchev–Trinajstić information content (AvgIpc) is 3.19. The molecule has 4 rings (SSSR count). The first-order valence-corrected chi connectivity index (χ1v) is 10.1. The fraction of sp³-hybridized carbons (Fsp3) is 0.333. The van der Waals surface area contributed by atoms with Gasteiger partial charge in [0.1, 0.15) is 5.75 Å². The number of carbonyl (C=O) groups is 1. The molecule has 1 saturated heterocycles. The number of hydrogen-bond acceptors (Lipinski definition) is 3. The first-order valence-electron chi connectivity index (χ1n) is 10.1. The predicted octanol–water partition coefficient (Wildman–Crippen LogP) is 4.72. The minimum atomic E-state index is 0.132. The molecule has 150 valence electrons. The fourth-order valence-electron chi connectivity index (χ4n) is 4.17. The molecule has 0 N–H and O–H groups in total. The second kappa shape index (κ2) is 8.11. The van der Waals surface area contributed by atoms with Gasteiger partial charge in [-0.1, -0.05) is 36.4 Å². The van der Waals surface area contributed by atoms with Crippen molar-refractivity contribution < 1.29 is 9.53 Å². The molecule has 2 heterocycles. The van der Waals surface area contributed by atoms with Gasteiger partial charge in [0.25, 0.3) is 0 Å². The summed E-state index contributed by atoms with van der Waals surface area (Å²) in [4.78, 5) is 18.7. The first kappa shape index (κ1) is 19.2. The molecule has 1 amide bonds. The Kier molecular flexibility index (Phi) is 5.38. The zero-order valence-corrected chi connectivity index (χ0v) is 17.3. The van der Waals surface area contributed by atoms with Crippen molar-refractivity contribution in [3.05, 3.63) is 60.4 Å². The number of ether oxygens (including phenoxy) is 1. The molecule has 5 heteroatoms. The summed E-state index contributed by atoms with van der Waals surface area (Å²) in [5.41, 5.74) is 5.23. The van der Waals surface area contributed by atoms with Crippen LogP contribution in [0.15, 0.2) is 54.9 Å². The number of hydrogen-bond donors (Lipinski definition) is 0. The topological polar surface area (TPSA) is 47.4 Å². The molecule has 3 aromatic rings. The maximum atomic E-state index is 12.0. The molecule has 0 saturated carbocycles. The van der Waals surface area contributed by atoms with E-state index < -0.39 is 0 Å². The van der Waals surface area contributed by atoms with E-state index in [4.69, 9.17) is 9.72 Å². The molecular weight excluding hydrogens is 362 g/mol. The Morgan fingerprint density at radius 3 is 2.69 bits per heavy atom. The van der Waals surface area contributed by atoms with Crippen LogP contribution in [0.25, 0.3) is 22.5 Å². The second-order valence-electron chi connectivity index (χ2n) is 7.68. The number of piperidine rings is 1. The molecule has 0 radical (unpaired) electrons. The number of aromatic nitrogens is 2. The number of likely N-dealkylation sites (tertiary alicyclic amines) is 1. The Balaban J connectivity index is 1.87. The number of rotatable bonds is 4. The van der Waals surface area contributed by atoms with E-state index in [1.165, 1.54) is 0 Å². The maximum absolute atomic E-state index is 12.0. The van der Waals surface area contributed by atoms with Crippen molar-refractivity contribution in [1.29, 1.82) is 0 Å². The molecule has 1 aromatic heterocycles. The predicted molar refractivity (Wildman–Crippen MR) is 115 cm³/mol. The molecule has 1 aliphatic rings. The Morgan fingerprint density at radius 2 is 1.97 bits per heavy atom.